The molecule has 0 unspecified atom stereocenters. The summed E-state index contributed by atoms with van der Waals surface area (Å²) >= 11 is 0. The standard InChI is InChI=1S/C25H26FNO5/c1-13-12-20(15(3)23-16(13)8-9-17-14(2)25(30)32-24(17)23)31-22(29)11-10-21(28)27-19-7-5-4-6-18(19)26/h4-7,12,14,17,24H,8-11H2,1-3H3,(H,27,28)/t14-,17-,24+/m0/s1. The van der Waals surface area contributed by atoms with Crippen molar-refractivity contribution in [3.8, 4) is 5.75 Å². The number of hydrogen-bond acceptors (Lipinski definition) is 5. The van der Waals surface area contributed by atoms with Gasteiger partial charge >= 0.3 is 11.9 Å². The first-order valence-electron chi connectivity index (χ1n) is 10.8. The van der Waals surface area contributed by atoms with Gasteiger partial charge in [-0.2, -0.15) is 0 Å². The van der Waals surface area contributed by atoms with Crippen LogP contribution in [-0.4, -0.2) is 17.8 Å². The quantitative estimate of drug-likeness (QED) is 0.546. The van der Waals surface area contributed by atoms with Crippen LogP contribution in [0.15, 0.2) is 30.3 Å². The van der Waals surface area contributed by atoms with E-state index in [-0.39, 0.29) is 42.4 Å². The molecule has 1 N–H and O–H groups in total. The van der Waals surface area contributed by atoms with Crippen LogP contribution in [0, 0.1) is 31.5 Å². The Kier molecular flexibility index (Phi) is 6.00. The average Bonchev–Trinajstić information content (AvgIpc) is 3.05. The lowest BCUT2D eigenvalue weighted by Crippen LogP contribution is -2.23. The maximum absolute atomic E-state index is 13.7. The van der Waals surface area contributed by atoms with Gasteiger partial charge in [0.05, 0.1) is 18.0 Å². The van der Waals surface area contributed by atoms with Crippen LogP contribution in [0.5, 0.6) is 5.75 Å². The molecule has 0 bridgehead atoms. The molecule has 6 nitrogen and oxygen atoms in total. The van der Waals surface area contributed by atoms with E-state index in [1.165, 1.54) is 18.2 Å². The normalized spacial score (nSPS) is 21.4. The molecule has 1 saturated heterocycles. The summed E-state index contributed by atoms with van der Waals surface area (Å²) in [4.78, 5) is 36.7. The van der Waals surface area contributed by atoms with Crippen molar-refractivity contribution >= 4 is 23.5 Å². The van der Waals surface area contributed by atoms with Gasteiger partial charge in [0.25, 0.3) is 0 Å². The third-order valence-corrected chi connectivity index (χ3v) is 6.51. The molecule has 32 heavy (non-hydrogen) atoms. The average molecular weight is 439 g/mol. The van der Waals surface area contributed by atoms with Gasteiger partial charge in [0, 0.05) is 17.9 Å². The Labute approximate surface area is 186 Å². The summed E-state index contributed by atoms with van der Waals surface area (Å²) in [5.74, 6) is -1.36. The van der Waals surface area contributed by atoms with Crippen molar-refractivity contribution < 1.29 is 28.2 Å². The number of esters is 2. The van der Waals surface area contributed by atoms with Crippen molar-refractivity contribution in [2.75, 3.05) is 5.32 Å². The van der Waals surface area contributed by atoms with Gasteiger partial charge in [0.15, 0.2) is 0 Å². The van der Waals surface area contributed by atoms with E-state index < -0.39 is 17.7 Å². The van der Waals surface area contributed by atoms with Crippen LogP contribution < -0.4 is 10.1 Å². The second-order valence-electron chi connectivity index (χ2n) is 8.56. The van der Waals surface area contributed by atoms with Crippen molar-refractivity contribution in [3.05, 3.63) is 58.4 Å². The Morgan fingerprint density at radius 1 is 1.22 bits per heavy atom. The van der Waals surface area contributed by atoms with Gasteiger partial charge in [-0.15, -0.1) is 0 Å². The van der Waals surface area contributed by atoms with Gasteiger partial charge in [-0.25, -0.2) is 4.39 Å². The van der Waals surface area contributed by atoms with E-state index in [1.807, 2.05) is 26.8 Å². The van der Waals surface area contributed by atoms with Crippen molar-refractivity contribution in [1.82, 2.24) is 0 Å². The van der Waals surface area contributed by atoms with E-state index in [1.54, 1.807) is 6.07 Å². The van der Waals surface area contributed by atoms with Crippen molar-refractivity contribution in [2.24, 2.45) is 11.8 Å². The summed E-state index contributed by atoms with van der Waals surface area (Å²) in [6.07, 6.45) is 1.16. The first-order valence-corrected chi connectivity index (χ1v) is 10.8. The monoisotopic (exact) mass is 439 g/mol. The number of carbonyl (C=O) groups excluding carboxylic acids is 3. The Morgan fingerprint density at radius 2 is 1.97 bits per heavy atom. The molecule has 168 valence electrons. The van der Waals surface area contributed by atoms with Gasteiger partial charge in [-0.3, -0.25) is 14.4 Å². The van der Waals surface area contributed by atoms with Crippen LogP contribution in [0.2, 0.25) is 0 Å². The lowest BCUT2D eigenvalue weighted by molar-refractivity contribution is -0.144. The van der Waals surface area contributed by atoms with Crippen molar-refractivity contribution in [1.29, 1.82) is 0 Å². The summed E-state index contributed by atoms with van der Waals surface area (Å²) in [5, 5.41) is 2.45. The summed E-state index contributed by atoms with van der Waals surface area (Å²) in [5.41, 5.74) is 3.93. The number of anilines is 1. The fraction of sp³-hybridized carbons (Fsp3) is 0.400. The molecule has 1 fully saturated rings. The maximum Gasteiger partial charge on any atom is 0.311 e. The highest BCUT2D eigenvalue weighted by Gasteiger charge is 2.46. The molecule has 7 heteroatoms. The zero-order chi connectivity index (χ0) is 23.0. The molecule has 1 aliphatic carbocycles. The van der Waals surface area contributed by atoms with Crippen LogP contribution in [0.25, 0.3) is 0 Å². The molecule has 1 heterocycles. The number of rotatable bonds is 5. The molecule has 0 saturated carbocycles. The summed E-state index contributed by atoms with van der Waals surface area (Å²) in [6.45, 7) is 5.72. The van der Waals surface area contributed by atoms with E-state index in [4.69, 9.17) is 9.47 Å². The minimum absolute atomic E-state index is 0.0712. The first kappa shape index (κ1) is 22.0. The Hall–Kier alpha value is -3.22. The number of aryl methyl sites for hydroxylation is 1. The highest BCUT2D eigenvalue weighted by Crippen LogP contribution is 2.49. The largest absolute Gasteiger partial charge is 0.457 e. The van der Waals surface area contributed by atoms with Crippen LogP contribution in [0.4, 0.5) is 10.1 Å². The molecule has 0 radical (unpaired) electrons. The van der Waals surface area contributed by atoms with Gasteiger partial charge in [-0.1, -0.05) is 19.1 Å². The number of nitrogens with one attached hydrogen (secondary N) is 1. The fourth-order valence-electron chi connectivity index (χ4n) is 4.69. The van der Waals surface area contributed by atoms with Crippen LogP contribution in [-0.2, 0) is 25.5 Å². The van der Waals surface area contributed by atoms with Crippen LogP contribution in [0.3, 0.4) is 0 Å². The highest BCUT2D eigenvalue weighted by molar-refractivity contribution is 5.92. The van der Waals surface area contributed by atoms with Gasteiger partial charge in [0.2, 0.25) is 5.91 Å². The fourth-order valence-corrected chi connectivity index (χ4v) is 4.69. The topological polar surface area (TPSA) is 81.7 Å². The SMILES string of the molecule is Cc1cc(OC(=O)CCC(=O)Nc2ccccc2F)c(C)c2c1CC[C@H]1[C@H](C)C(=O)O[C@@H]21. The molecular formula is C25H26FNO5. The third-order valence-electron chi connectivity index (χ3n) is 6.51. The van der Waals surface area contributed by atoms with Gasteiger partial charge in [0.1, 0.15) is 17.7 Å². The molecular weight excluding hydrogens is 413 g/mol. The molecule has 2 aromatic carbocycles. The summed E-state index contributed by atoms with van der Waals surface area (Å²) in [6, 6.07) is 7.67. The van der Waals surface area contributed by atoms with Crippen LogP contribution >= 0.6 is 0 Å². The first-order chi connectivity index (χ1) is 15.3. The molecule has 3 atom stereocenters. The maximum atomic E-state index is 13.7. The lowest BCUT2D eigenvalue weighted by atomic mass is 9.74. The Bertz CT molecular complexity index is 1100. The highest BCUT2D eigenvalue weighted by atomic mass is 19.1. The number of benzene rings is 2. The Morgan fingerprint density at radius 3 is 2.72 bits per heavy atom. The van der Waals surface area contributed by atoms with Crippen molar-refractivity contribution in [3.63, 3.8) is 0 Å². The minimum atomic E-state index is -0.555. The zero-order valence-electron chi connectivity index (χ0n) is 18.4. The van der Waals surface area contributed by atoms with E-state index in [2.05, 4.69) is 5.32 Å². The number of halogens is 1. The Balaban J connectivity index is 1.45. The second kappa shape index (κ2) is 8.73. The number of fused-ring (bicyclic) bond motifs is 3. The van der Waals surface area contributed by atoms with Gasteiger partial charge in [-0.05, 0) is 61.6 Å². The molecule has 1 aliphatic heterocycles. The molecule has 0 spiro atoms. The predicted molar refractivity (Wildman–Crippen MR) is 116 cm³/mol. The van der Waals surface area contributed by atoms with E-state index >= 15 is 0 Å². The van der Waals surface area contributed by atoms with Crippen LogP contribution in [0.1, 0.15) is 54.5 Å². The van der Waals surface area contributed by atoms with E-state index in [9.17, 15) is 18.8 Å². The summed E-state index contributed by atoms with van der Waals surface area (Å²) in [7, 11) is 0. The smallest absolute Gasteiger partial charge is 0.311 e. The molecule has 2 aromatic rings. The number of para-hydroxylation sites is 1. The van der Waals surface area contributed by atoms with Gasteiger partial charge < -0.3 is 14.8 Å². The minimum Gasteiger partial charge on any atom is -0.457 e. The predicted octanol–water partition coefficient (Wildman–Crippen LogP) is 4.56. The molecule has 1 amide bonds. The van der Waals surface area contributed by atoms with E-state index in [0.29, 0.717) is 5.75 Å². The number of amides is 1. The van der Waals surface area contributed by atoms with Crippen molar-refractivity contribution in [2.45, 2.75) is 52.6 Å². The number of carbonyl (C=O) groups is 3. The number of hydrogen-bond donors (Lipinski definition) is 1. The zero-order valence-corrected chi connectivity index (χ0v) is 18.4. The lowest BCUT2D eigenvalue weighted by Gasteiger charge is -2.31. The second-order valence-corrected chi connectivity index (χ2v) is 8.56. The number of ether oxygens (including phenoxy) is 2. The third kappa shape index (κ3) is 4.11. The summed E-state index contributed by atoms with van der Waals surface area (Å²) < 4.78 is 24.9. The molecule has 2 aliphatic rings. The molecule has 4 rings (SSSR count). The molecule has 0 aromatic heterocycles. The van der Waals surface area contributed by atoms with E-state index in [0.717, 1.165) is 35.1 Å².